The first-order chi connectivity index (χ1) is 8.37. The molecule has 1 amide bonds. The van der Waals surface area contributed by atoms with Gasteiger partial charge < -0.3 is 5.32 Å². The molecule has 1 rings (SSSR count). The van der Waals surface area contributed by atoms with Crippen molar-refractivity contribution in [3.05, 3.63) is 0 Å². The number of hydrogen-bond acceptors (Lipinski definition) is 2. The van der Waals surface area contributed by atoms with Crippen LogP contribution >= 0.6 is 0 Å². The summed E-state index contributed by atoms with van der Waals surface area (Å²) in [6.45, 7) is 0. The van der Waals surface area contributed by atoms with Gasteiger partial charge >= 0.3 is 6.18 Å². The fourth-order valence-electron chi connectivity index (χ4n) is 2.18. The van der Waals surface area contributed by atoms with Gasteiger partial charge in [0.15, 0.2) is 0 Å². The smallest absolute Gasteiger partial charge is 0.338 e. The Morgan fingerprint density at radius 1 is 1.22 bits per heavy atom. The van der Waals surface area contributed by atoms with Crippen LogP contribution in [0.25, 0.3) is 0 Å². The molecular formula is C12H17F3N2O. The summed E-state index contributed by atoms with van der Waals surface area (Å²) in [5, 5.41) is 11.7. The van der Waals surface area contributed by atoms with E-state index >= 15 is 0 Å². The minimum Gasteiger partial charge on any atom is -0.338 e. The Bertz CT molecular complexity index is 325. The topological polar surface area (TPSA) is 52.9 Å². The van der Waals surface area contributed by atoms with Crippen molar-refractivity contribution in [1.82, 2.24) is 5.32 Å². The van der Waals surface area contributed by atoms with E-state index in [0.717, 1.165) is 25.7 Å². The monoisotopic (exact) mass is 262 g/mol. The lowest BCUT2D eigenvalue weighted by Gasteiger charge is -2.26. The third-order valence-electron chi connectivity index (χ3n) is 3.19. The Morgan fingerprint density at radius 2 is 1.78 bits per heavy atom. The van der Waals surface area contributed by atoms with E-state index in [2.05, 4.69) is 11.4 Å². The van der Waals surface area contributed by atoms with E-state index in [1.165, 1.54) is 0 Å². The number of alkyl halides is 3. The van der Waals surface area contributed by atoms with Gasteiger partial charge in [0.2, 0.25) is 5.91 Å². The predicted molar refractivity (Wildman–Crippen MR) is 59.5 cm³/mol. The van der Waals surface area contributed by atoms with Gasteiger partial charge in [-0.05, 0) is 12.8 Å². The number of rotatable bonds is 3. The highest BCUT2D eigenvalue weighted by Crippen LogP contribution is 2.27. The number of carbonyl (C=O) groups excluding carboxylic acids is 1. The van der Waals surface area contributed by atoms with Crippen molar-refractivity contribution in [1.29, 1.82) is 5.26 Å². The lowest BCUT2D eigenvalue weighted by Crippen LogP contribution is -2.47. The zero-order valence-electron chi connectivity index (χ0n) is 10.1. The molecule has 102 valence electrons. The van der Waals surface area contributed by atoms with Crippen molar-refractivity contribution in [2.24, 2.45) is 0 Å². The number of hydrogen-bond donors (Lipinski definition) is 1. The Kier molecular flexibility index (Phi) is 5.00. The third kappa shape index (κ3) is 4.94. The summed E-state index contributed by atoms with van der Waals surface area (Å²) in [5.41, 5.74) is -0.959. The van der Waals surface area contributed by atoms with Crippen molar-refractivity contribution in [3.63, 3.8) is 0 Å². The Hall–Kier alpha value is -1.25. The van der Waals surface area contributed by atoms with Crippen molar-refractivity contribution >= 4 is 5.91 Å². The second-order valence-corrected chi connectivity index (χ2v) is 4.77. The van der Waals surface area contributed by atoms with Crippen molar-refractivity contribution in [2.45, 2.75) is 63.1 Å². The first kappa shape index (κ1) is 14.8. The molecule has 0 spiro atoms. The second-order valence-electron chi connectivity index (χ2n) is 4.77. The molecule has 1 saturated carbocycles. The summed E-state index contributed by atoms with van der Waals surface area (Å²) in [6.07, 6.45) is -1.36. The number of halogens is 3. The number of nitriles is 1. The molecule has 3 nitrogen and oxygen atoms in total. The van der Waals surface area contributed by atoms with Crippen LogP contribution in [-0.4, -0.2) is 17.6 Å². The number of nitrogens with zero attached hydrogens (tertiary/aromatic N) is 1. The lowest BCUT2D eigenvalue weighted by molar-refractivity contribution is -0.144. The average molecular weight is 262 g/mol. The predicted octanol–water partition coefficient (Wildman–Crippen LogP) is 3.06. The highest BCUT2D eigenvalue weighted by atomic mass is 19.4. The second kappa shape index (κ2) is 6.07. The van der Waals surface area contributed by atoms with Gasteiger partial charge in [0.05, 0.1) is 12.5 Å². The molecule has 1 N–H and O–H groups in total. The van der Waals surface area contributed by atoms with Gasteiger partial charge in [0.25, 0.3) is 0 Å². The van der Waals surface area contributed by atoms with Gasteiger partial charge in [0.1, 0.15) is 5.54 Å². The highest BCUT2D eigenvalue weighted by Gasteiger charge is 2.34. The molecule has 18 heavy (non-hydrogen) atoms. The number of amides is 1. The van der Waals surface area contributed by atoms with Gasteiger partial charge in [-0.15, -0.1) is 0 Å². The maximum atomic E-state index is 12.0. The summed E-state index contributed by atoms with van der Waals surface area (Å²) >= 11 is 0. The van der Waals surface area contributed by atoms with Crippen LogP contribution in [0, 0.1) is 11.3 Å². The zero-order chi connectivity index (χ0) is 13.6. The molecule has 6 heteroatoms. The van der Waals surface area contributed by atoms with Gasteiger partial charge in [-0.3, -0.25) is 4.79 Å². The van der Waals surface area contributed by atoms with Crippen molar-refractivity contribution in [3.8, 4) is 6.07 Å². The van der Waals surface area contributed by atoms with Gasteiger partial charge in [-0.2, -0.15) is 18.4 Å². The van der Waals surface area contributed by atoms with Gasteiger partial charge in [0, 0.05) is 6.42 Å². The minimum atomic E-state index is -4.33. The summed E-state index contributed by atoms with van der Waals surface area (Å²) in [5.74, 6) is -0.684. The molecular weight excluding hydrogens is 245 g/mol. The molecule has 0 aliphatic heterocycles. The molecule has 0 aromatic heterocycles. The molecule has 0 heterocycles. The van der Waals surface area contributed by atoms with E-state index in [-0.39, 0.29) is 0 Å². The third-order valence-corrected chi connectivity index (χ3v) is 3.19. The van der Waals surface area contributed by atoms with E-state index in [1.807, 2.05) is 0 Å². The van der Waals surface area contributed by atoms with Crippen LogP contribution in [0.15, 0.2) is 0 Å². The summed E-state index contributed by atoms with van der Waals surface area (Å²) in [6, 6.07) is 2.07. The van der Waals surface area contributed by atoms with Crippen LogP contribution in [0.2, 0.25) is 0 Å². The van der Waals surface area contributed by atoms with Crippen LogP contribution in [0.3, 0.4) is 0 Å². The SMILES string of the molecule is N#CC1(NC(=O)CCC(F)(F)F)CCCCCC1. The minimum absolute atomic E-state index is 0.529. The zero-order valence-corrected chi connectivity index (χ0v) is 10.1. The summed E-state index contributed by atoms with van der Waals surface area (Å²) in [7, 11) is 0. The van der Waals surface area contributed by atoms with Crippen LogP contribution in [0.1, 0.15) is 51.4 Å². The average Bonchev–Trinajstić information content (AvgIpc) is 2.52. The molecule has 1 aliphatic carbocycles. The van der Waals surface area contributed by atoms with E-state index in [9.17, 15) is 18.0 Å². The molecule has 1 aliphatic rings. The Balaban J connectivity index is 2.52. The molecule has 0 aromatic rings. The molecule has 0 radical (unpaired) electrons. The molecule has 1 fully saturated rings. The summed E-state index contributed by atoms with van der Waals surface area (Å²) < 4.78 is 36.0. The van der Waals surface area contributed by atoms with Crippen LogP contribution in [-0.2, 0) is 4.79 Å². The fourth-order valence-corrected chi connectivity index (χ4v) is 2.18. The Morgan fingerprint density at radius 3 is 2.22 bits per heavy atom. The van der Waals surface area contributed by atoms with Crippen molar-refractivity contribution < 1.29 is 18.0 Å². The standard InChI is InChI=1S/C12H17F3N2O/c13-12(14,15)8-5-10(18)17-11(9-16)6-3-1-2-4-7-11/h1-8H2,(H,17,18). The molecule has 0 atom stereocenters. The first-order valence-corrected chi connectivity index (χ1v) is 6.16. The first-order valence-electron chi connectivity index (χ1n) is 6.16. The number of carbonyl (C=O) groups is 1. The maximum Gasteiger partial charge on any atom is 0.389 e. The Labute approximate surface area is 104 Å². The molecule has 0 unspecified atom stereocenters. The fraction of sp³-hybridized carbons (Fsp3) is 0.833. The van der Waals surface area contributed by atoms with Crippen LogP contribution < -0.4 is 5.32 Å². The molecule has 0 aromatic carbocycles. The van der Waals surface area contributed by atoms with Crippen LogP contribution in [0.4, 0.5) is 13.2 Å². The number of nitrogens with one attached hydrogen (secondary N) is 1. The largest absolute Gasteiger partial charge is 0.389 e. The van der Waals surface area contributed by atoms with Crippen LogP contribution in [0.5, 0.6) is 0 Å². The van der Waals surface area contributed by atoms with E-state index in [1.54, 1.807) is 0 Å². The lowest BCUT2D eigenvalue weighted by atomic mass is 9.91. The van der Waals surface area contributed by atoms with E-state index < -0.39 is 30.5 Å². The normalized spacial score (nSPS) is 19.7. The maximum absolute atomic E-state index is 12.0. The molecule has 0 bridgehead atoms. The summed E-state index contributed by atoms with van der Waals surface area (Å²) in [4.78, 5) is 11.5. The van der Waals surface area contributed by atoms with E-state index in [4.69, 9.17) is 5.26 Å². The van der Waals surface area contributed by atoms with Gasteiger partial charge in [-0.25, -0.2) is 0 Å². The van der Waals surface area contributed by atoms with Gasteiger partial charge in [-0.1, -0.05) is 25.7 Å². The quantitative estimate of drug-likeness (QED) is 0.795. The molecule has 0 saturated heterocycles. The van der Waals surface area contributed by atoms with E-state index in [0.29, 0.717) is 12.8 Å². The van der Waals surface area contributed by atoms with Crippen molar-refractivity contribution in [2.75, 3.05) is 0 Å². The highest BCUT2D eigenvalue weighted by molar-refractivity contribution is 5.77.